The molecule has 2 aromatic rings. The van der Waals surface area contributed by atoms with E-state index in [1.54, 1.807) is 26.0 Å². The van der Waals surface area contributed by atoms with Gasteiger partial charge in [-0.25, -0.2) is 9.59 Å². The second-order valence-electron chi connectivity index (χ2n) is 7.50. The first-order valence-corrected chi connectivity index (χ1v) is 10.3. The van der Waals surface area contributed by atoms with Crippen molar-refractivity contribution in [3.63, 3.8) is 0 Å². The Labute approximate surface area is 179 Å². The van der Waals surface area contributed by atoms with Crippen LogP contribution in [0.5, 0.6) is 11.5 Å². The number of unbranched alkanes of at least 4 members (excludes halogenated alkanes) is 3. The number of carbonyl (C=O) groups excluding carboxylic acids is 2. The topological polar surface area (TPSA) is 52.6 Å². The van der Waals surface area contributed by atoms with Gasteiger partial charge in [0.1, 0.15) is 11.5 Å². The Morgan fingerprint density at radius 1 is 0.800 bits per heavy atom. The van der Waals surface area contributed by atoms with Gasteiger partial charge in [0.15, 0.2) is 0 Å². The molecule has 0 atom stereocenters. The lowest BCUT2D eigenvalue weighted by molar-refractivity contribution is -0.131. The maximum atomic E-state index is 12.0. The maximum Gasteiger partial charge on any atom is 0.338 e. The second-order valence-corrected chi connectivity index (χ2v) is 7.50. The van der Waals surface area contributed by atoms with Crippen LogP contribution < -0.4 is 9.47 Å². The number of hydrogen-bond donors (Lipinski definition) is 0. The molecule has 30 heavy (non-hydrogen) atoms. The van der Waals surface area contributed by atoms with E-state index in [2.05, 4.69) is 26.1 Å². The smallest absolute Gasteiger partial charge is 0.338 e. The second kappa shape index (κ2) is 11.1. The van der Waals surface area contributed by atoms with E-state index in [-0.39, 0.29) is 0 Å². The Morgan fingerprint density at radius 2 is 1.40 bits per heavy atom. The van der Waals surface area contributed by atoms with Gasteiger partial charge >= 0.3 is 11.9 Å². The van der Waals surface area contributed by atoms with Crippen LogP contribution in [-0.4, -0.2) is 11.9 Å². The first kappa shape index (κ1) is 23.1. The fourth-order valence-corrected chi connectivity index (χ4v) is 2.89. The van der Waals surface area contributed by atoms with Crippen LogP contribution in [0.25, 0.3) is 11.1 Å². The van der Waals surface area contributed by atoms with Crippen LogP contribution in [0.1, 0.15) is 52.0 Å². The van der Waals surface area contributed by atoms with Gasteiger partial charge in [0, 0.05) is 11.1 Å². The molecule has 0 aliphatic carbocycles. The summed E-state index contributed by atoms with van der Waals surface area (Å²) in [6.07, 6.45) is 5.35. The predicted molar refractivity (Wildman–Crippen MR) is 121 cm³/mol. The van der Waals surface area contributed by atoms with Crippen molar-refractivity contribution in [1.82, 2.24) is 0 Å². The number of rotatable bonds is 10. The molecule has 0 saturated heterocycles. The summed E-state index contributed by atoms with van der Waals surface area (Å²) < 4.78 is 10.8. The highest BCUT2D eigenvalue weighted by molar-refractivity contribution is 5.89. The fourth-order valence-electron chi connectivity index (χ4n) is 2.89. The Morgan fingerprint density at radius 3 is 2.00 bits per heavy atom. The summed E-state index contributed by atoms with van der Waals surface area (Å²) in [5.74, 6) is 0.191. The van der Waals surface area contributed by atoms with Crippen molar-refractivity contribution in [2.24, 2.45) is 0 Å². The molecule has 2 rings (SSSR count). The van der Waals surface area contributed by atoms with Crippen LogP contribution in [-0.2, 0) is 16.0 Å². The number of hydrogen-bond acceptors (Lipinski definition) is 4. The third-order valence-corrected chi connectivity index (χ3v) is 4.66. The maximum absolute atomic E-state index is 12.0. The summed E-state index contributed by atoms with van der Waals surface area (Å²) in [5.41, 5.74) is 3.71. The van der Waals surface area contributed by atoms with E-state index in [0.29, 0.717) is 22.6 Å². The van der Waals surface area contributed by atoms with Crippen molar-refractivity contribution < 1.29 is 19.1 Å². The molecule has 4 heteroatoms. The standard InChI is InChI=1S/C26H30O4/c1-6-7-8-9-10-22-17-21(13-16-24(22)30-26(28)19(4)5)20-11-14-23(15-12-20)29-25(27)18(2)3/h11-17H,2,4,6-10H2,1,3,5H3. The molecule has 0 bridgehead atoms. The van der Waals surface area contributed by atoms with Crippen molar-refractivity contribution in [2.75, 3.05) is 0 Å². The molecular weight excluding hydrogens is 376 g/mol. The molecule has 0 fully saturated rings. The molecule has 0 radical (unpaired) electrons. The quantitative estimate of drug-likeness (QED) is 0.197. The van der Waals surface area contributed by atoms with Gasteiger partial charge in [-0.3, -0.25) is 0 Å². The summed E-state index contributed by atoms with van der Waals surface area (Å²) in [4.78, 5) is 23.7. The Balaban J connectivity index is 2.24. The highest BCUT2D eigenvalue weighted by atomic mass is 16.5. The highest BCUT2D eigenvalue weighted by Gasteiger charge is 2.12. The van der Waals surface area contributed by atoms with Crippen LogP contribution in [0.2, 0.25) is 0 Å². The van der Waals surface area contributed by atoms with Gasteiger partial charge in [-0.15, -0.1) is 0 Å². The van der Waals surface area contributed by atoms with Crippen molar-refractivity contribution in [2.45, 2.75) is 52.9 Å². The SMILES string of the molecule is C=C(C)C(=O)Oc1ccc(-c2ccc(OC(=O)C(=C)C)c(CCCCCC)c2)cc1. The summed E-state index contributed by atoms with van der Waals surface area (Å²) in [6.45, 7) is 12.7. The van der Waals surface area contributed by atoms with Gasteiger partial charge in [0.25, 0.3) is 0 Å². The molecule has 0 aliphatic rings. The van der Waals surface area contributed by atoms with Crippen LogP contribution in [0.3, 0.4) is 0 Å². The molecular formula is C26H30O4. The van der Waals surface area contributed by atoms with Gasteiger partial charge in [-0.05, 0) is 67.6 Å². The van der Waals surface area contributed by atoms with Crippen LogP contribution in [0.15, 0.2) is 66.8 Å². The largest absolute Gasteiger partial charge is 0.423 e. The van der Waals surface area contributed by atoms with Crippen LogP contribution >= 0.6 is 0 Å². The molecule has 2 aromatic carbocycles. The van der Waals surface area contributed by atoms with E-state index in [1.807, 2.05) is 24.3 Å². The third-order valence-electron chi connectivity index (χ3n) is 4.66. The Hall–Kier alpha value is -3.14. The monoisotopic (exact) mass is 406 g/mol. The highest BCUT2D eigenvalue weighted by Crippen LogP contribution is 2.30. The number of ether oxygens (including phenoxy) is 2. The molecule has 0 saturated carbocycles. The minimum Gasteiger partial charge on any atom is -0.423 e. The first-order chi connectivity index (χ1) is 14.3. The molecule has 158 valence electrons. The predicted octanol–water partition coefficient (Wildman–Crippen LogP) is 6.44. The average molecular weight is 407 g/mol. The van der Waals surface area contributed by atoms with E-state index in [4.69, 9.17) is 9.47 Å². The normalized spacial score (nSPS) is 10.4. The molecule has 0 amide bonds. The minimum absolute atomic E-state index is 0.353. The van der Waals surface area contributed by atoms with E-state index in [9.17, 15) is 9.59 Å². The van der Waals surface area contributed by atoms with Crippen LogP contribution in [0, 0.1) is 0 Å². The zero-order valence-electron chi connectivity index (χ0n) is 18.1. The fraction of sp³-hybridized carbons (Fsp3) is 0.308. The molecule has 0 heterocycles. The van der Waals surface area contributed by atoms with E-state index in [1.165, 1.54) is 12.8 Å². The molecule has 0 spiro atoms. The third kappa shape index (κ3) is 6.73. The minimum atomic E-state index is -0.444. The molecule has 4 nitrogen and oxygen atoms in total. The molecule has 0 unspecified atom stereocenters. The van der Waals surface area contributed by atoms with Crippen molar-refractivity contribution in [3.05, 3.63) is 72.3 Å². The first-order valence-electron chi connectivity index (χ1n) is 10.3. The number of aryl methyl sites for hydroxylation is 1. The lowest BCUT2D eigenvalue weighted by Crippen LogP contribution is -2.10. The Kier molecular flexibility index (Phi) is 8.60. The summed E-state index contributed by atoms with van der Waals surface area (Å²) in [7, 11) is 0. The number of esters is 2. The van der Waals surface area contributed by atoms with Gasteiger partial charge in [-0.2, -0.15) is 0 Å². The molecule has 0 aromatic heterocycles. The van der Waals surface area contributed by atoms with E-state index in [0.717, 1.165) is 36.0 Å². The average Bonchev–Trinajstić information content (AvgIpc) is 2.72. The van der Waals surface area contributed by atoms with Gasteiger partial charge in [0.2, 0.25) is 0 Å². The number of carbonyl (C=O) groups is 2. The number of benzene rings is 2. The van der Waals surface area contributed by atoms with E-state index < -0.39 is 11.9 Å². The van der Waals surface area contributed by atoms with E-state index >= 15 is 0 Å². The van der Waals surface area contributed by atoms with Crippen molar-refractivity contribution >= 4 is 11.9 Å². The Bertz CT molecular complexity index is 923. The lowest BCUT2D eigenvalue weighted by Gasteiger charge is -2.13. The van der Waals surface area contributed by atoms with Gasteiger partial charge in [-0.1, -0.05) is 57.5 Å². The van der Waals surface area contributed by atoms with Crippen molar-refractivity contribution in [3.8, 4) is 22.6 Å². The van der Waals surface area contributed by atoms with Gasteiger partial charge in [0.05, 0.1) is 0 Å². The molecule has 0 aliphatic heterocycles. The van der Waals surface area contributed by atoms with Crippen LogP contribution in [0.4, 0.5) is 0 Å². The zero-order chi connectivity index (χ0) is 22.1. The summed E-state index contributed by atoms with van der Waals surface area (Å²) >= 11 is 0. The zero-order valence-corrected chi connectivity index (χ0v) is 18.1. The summed E-state index contributed by atoms with van der Waals surface area (Å²) in [6, 6.07) is 13.1. The summed E-state index contributed by atoms with van der Waals surface area (Å²) in [5, 5.41) is 0. The van der Waals surface area contributed by atoms with Gasteiger partial charge < -0.3 is 9.47 Å². The van der Waals surface area contributed by atoms with Crippen molar-refractivity contribution in [1.29, 1.82) is 0 Å². The molecule has 0 N–H and O–H groups in total. The lowest BCUT2D eigenvalue weighted by atomic mass is 9.99.